The lowest BCUT2D eigenvalue weighted by Gasteiger charge is -2.14. The maximum Gasteiger partial charge on any atom is 0.433 e. The molecule has 0 saturated heterocycles. The number of nitrogens with zero attached hydrogens (tertiary/aromatic N) is 1. The number of nitro groups is 1. The van der Waals surface area contributed by atoms with Gasteiger partial charge in [-0.05, 0) is 12.0 Å². The van der Waals surface area contributed by atoms with Gasteiger partial charge in [-0.15, -0.1) is 0 Å². The van der Waals surface area contributed by atoms with Crippen molar-refractivity contribution in [3.63, 3.8) is 0 Å². The van der Waals surface area contributed by atoms with Crippen LogP contribution in [0.15, 0.2) is 16.5 Å². The van der Waals surface area contributed by atoms with Crippen molar-refractivity contribution in [2.45, 2.75) is 26.3 Å². The zero-order chi connectivity index (χ0) is 10.7. The molecule has 1 heterocycles. The highest BCUT2D eigenvalue weighted by molar-refractivity contribution is 5.19. The number of furan rings is 1. The molecule has 0 radical (unpaired) electrons. The molecule has 0 aliphatic rings. The molecule has 78 valence electrons. The van der Waals surface area contributed by atoms with Crippen molar-refractivity contribution in [3.05, 3.63) is 28.0 Å². The van der Waals surface area contributed by atoms with E-state index in [0.29, 0.717) is 5.76 Å². The van der Waals surface area contributed by atoms with E-state index in [2.05, 4.69) is 0 Å². The Bertz CT molecular complexity index is 322. The Hall–Kier alpha value is -1.36. The van der Waals surface area contributed by atoms with Crippen molar-refractivity contribution in [3.8, 4) is 0 Å². The van der Waals surface area contributed by atoms with Crippen molar-refractivity contribution >= 4 is 5.88 Å². The Morgan fingerprint density at radius 1 is 1.64 bits per heavy atom. The third-order valence-corrected chi connectivity index (χ3v) is 2.38. The van der Waals surface area contributed by atoms with Crippen LogP contribution in [0.25, 0.3) is 0 Å². The van der Waals surface area contributed by atoms with E-state index >= 15 is 0 Å². The van der Waals surface area contributed by atoms with Crippen LogP contribution < -0.4 is 5.73 Å². The summed E-state index contributed by atoms with van der Waals surface area (Å²) >= 11 is 0. The van der Waals surface area contributed by atoms with E-state index in [0.717, 1.165) is 6.42 Å². The van der Waals surface area contributed by atoms with Crippen LogP contribution in [0.1, 0.15) is 32.1 Å². The number of nitrogens with two attached hydrogens (primary N) is 1. The van der Waals surface area contributed by atoms with Crippen LogP contribution in [0.3, 0.4) is 0 Å². The van der Waals surface area contributed by atoms with Gasteiger partial charge in [0.25, 0.3) is 0 Å². The molecule has 5 heteroatoms. The zero-order valence-corrected chi connectivity index (χ0v) is 8.27. The molecule has 5 nitrogen and oxygen atoms in total. The molecule has 2 N–H and O–H groups in total. The number of hydrogen-bond donors (Lipinski definition) is 1. The standard InChI is InChI=1S/C9H14N2O3/c1-3-6(2)9(10)7-4-5-8(14-7)11(12)13/h4-6,9H,3,10H2,1-2H3/t6?,9-/m1/s1. The lowest BCUT2D eigenvalue weighted by atomic mass is 9.98. The largest absolute Gasteiger partial charge is 0.433 e. The molecule has 1 aromatic heterocycles. The second-order valence-corrected chi connectivity index (χ2v) is 3.34. The molecule has 0 aromatic carbocycles. The van der Waals surface area contributed by atoms with Crippen LogP contribution in [0.2, 0.25) is 0 Å². The monoisotopic (exact) mass is 198 g/mol. The maximum atomic E-state index is 10.3. The first-order valence-electron chi connectivity index (χ1n) is 4.56. The van der Waals surface area contributed by atoms with Crippen LogP contribution in [0.5, 0.6) is 0 Å². The normalized spacial score (nSPS) is 15.1. The van der Waals surface area contributed by atoms with Crippen LogP contribution in [0.4, 0.5) is 5.88 Å². The molecule has 1 rings (SSSR count). The first kappa shape index (κ1) is 10.7. The van der Waals surface area contributed by atoms with Gasteiger partial charge in [-0.1, -0.05) is 20.3 Å². The lowest BCUT2D eigenvalue weighted by molar-refractivity contribution is -0.402. The highest BCUT2D eigenvalue weighted by atomic mass is 16.6. The molecule has 14 heavy (non-hydrogen) atoms. The highest BCUT2D eigenvalue weighted by Gasteiger charge is 2.20. The van der Waals surface area contributed by atoms with Crippen molar-refractivity contribution < 1.29 is 9.34 Å². The van der Waals surface area contributed by atoms with Crippen LogP contribution in [-0.2, 0) is 0 Å². The second kappa shape index (κ2) is 4.23. The molecule has 0 aliphatic heterocycles. The summed E-state index contributed by atoms with van der Waals surface area (Å²) in [4.78, 5) is 9.78. The molecule has 2 atom stereocenters. The average molecular weight is 198 g/mol. The van der Waals surface area contributed by atoms with Crippen molar-refractivity contribution in [2.24, 2.45) is 11.7 Å². The van der Waals surface area contributed by atoms with E-state index in [1.54, 1.807) is 6.07 Å². The van der Waals surface area contributed by atoms with Gasteiger partial charge in [0.05, 0.1) is 12.1 Å². The van der Waals surface area contributed by atoms with Crippen molar-refractivity contribution in [1.29, 1.82) is 0 Å². The molecular formula is C9H14N2O3. The molecule has 1 aromatic rings. The summed E-state index contributed by atoms with van der Waals surface area (Å²) in [6, 6.07) is 2.63. The second-order valence-electron chi connectivity index (χ2n) is 3.34. The third-order valence-electron chi connectivity index (χ3n) is 2.38. The smallest absolute Gasteiger partial charge is 0.404 e. The van der Waals surface area contributed by atoms with Gasteiger partial charge in [0.2, 0.25) is 0 Å². The zero-order valence-electron chi connectivity index (χ0n) is 8.27. The summed E-state index contributed by atoms with van der Waals surface area (Å²) in [7, 11) is 0. The summed E-state index contributed by atoms with van der Waals surface area (Å²) in [6.45, 7) is 4.00. The number of rotatable bonds is 4. The molecule has 0 aliphatic carbocycles. The minimum absolute atomic E-state index is 0.251. The Balaban J connectivity index is 2.81. The van der Waals surface area contributed by atoms with Gasteiger partial charge < -0.3 is 10.2 Å². The van der Waals surface area contributed by atoms with Gasteiger partial charge in [-0.2, -0.15) is 0 Å². The summed E-state index contributed by atoms with van der Waals surface area (Å²) in [5, 5.41) is 10.3. The summed E-state index contributed by atoms with van der Waals surface area (Å²) in [5.74, 6) is 0.477. The molecule has 1 unspecified atom stereocenters. The summed E-state index contributed by atoms with van der Waals surface area (Å²) in [6.07, 6.45) is 0.912. The van der Waals surface area contributed by atoms with E-state index in [4.69, 9.17) is 10.2 Å². The quantitative estimate of drug-likeness (QED) is 0.594. The van der Waals surface area contributed by atoms with E-state index in [-0.39, 0.29) is 17.8 Å². The van der Waals surface area contributed by atoms with Gasteiger partial charge in [0, 0.05) is 0 Å². The predicted octanol–water partition coefficient (Wildman–Crippen LogP) is 2.23. The fourth-order valence-electron chi connectivity index (χ4n) is 1.15. The van der Waals surface area contributed by atoms with Crippen LogP contribution in [-0.4, -0.2) is 4.92 Å². The van der Waals surface area contributed by atoms with E-state index in [1.807, 2.05) is 13.8 Å². The minimum atomic E-state index is -0.563. The Kier molecular flexibility index (Phi) is 3.24. The van der Waals surface area contributed by atoms with E-state index < -0.39 is 4.92 Å². The number of hydrogen-bond acceptors (Lipinski definition) is 4. The first-order valence-corrected chi connectivity index (χ1v) is 4.56. The molecule has 0 amide bonds. The topological polar surface area (TPSA) is 82.3 Å². The average Bonchev–Trinajstić information content (AvgIpc) is 2.64. The van der Waals surface area contributed by atoms with Gasteiger partial charge in [-0.25, -0.2) is 0 Å². The van der Waals surface area contributed by atoms with E-state index in [1.165, 1.54) is 6.07 Å². The lowest BCUT2D eigenvalue weighted by Crippen LogP contribution is -2.17. The van der Waals surface area contributed by atoms with Crippen LogP contribution >= 0.6 is 0 Å². The summed E-state index contributed by atoms with van der Waals surface area (Å²) in [5.41, 5.74) is 5.85. The Labute approximate surface area is 82.0 Å². The first-order chi connectivity index (χ1) is 6.56. The van der Waals surface area contributed by atoms with Crippen LogP contribution in [0, 0.1) is 16.0 Å². The molecule has 0 spiro atoms. The molecule has 0 bridgehead atoms. The summed E-state index contributed by atoms with van der Waals surface area (Å²) < 4.78 is 5.01. The van der Waals surface area contributed by atoms with Crippen molar-refractivity contribution in [1.82, 2.24) is 0 Å². The maximum absolute atomic E-state index is 10.3. The van der Waals surface area contributed by atoms with Gasteiger partial charge >= 0.3 is 5.88 Å². The Morgan fingerprint density at radius 2 is 2.29 bits per heavy atom. The molecular weight excluding hydrogens is 184 g/mol. The molecule has 0 fully saturated rings. The fourth-order valence-corrected chi connectivity index (χ4v) is 1.15. The van der Waals surface area contributed by atoms with Gasteiger partial charge in [-0.3, -0.25) is 10.1 Å². The third kappa shape index (κ3) is 2.11. The van der Waals surface area contributed by atoms with Crippen molar-refractivity contribution in [2.75, 3.05) is 0 Å². The highest BCUT2D eigenvalue weighted by Crippen LogP contribution is 2.26. The minimum Gasteiger partial charge on any atom is -0.404 e. The van der Waals surface area contributed by atoms with Gasteiger partial charge in [0.15, 0.2) is 0 Å². The van der Waals surface area contributed by atoms with Gasteiger partial charge in [0.1, 0.15) is 10.7 Å². The SMILES string of the molecule is CCC(C)[C@@H](N)c1ccc([N+](=O)[O-])o1. The predicted molar refractivity (Wildman–Crippen MR) is 51.7 cm³/mol. The fraction of sp³-hybridized carbons (Fsp3) is 0.556. The molecule has 0 saturated carbocycles. The van der Waals surface area contributed by atoms with E-state index in [9.17, 15) is 10.1 Å². The Morgan fingerprint density at radius 3 is 2.71 bits per heavy atom.